The van der Waals surface area contributed by atoms with Gasteiger partial charge in [-0.05, 0) is 68.4 Å². The maximum Gasteiger partial charge on any atom is 0.329 e. The molecule has 2 aromatic rings. The number of hydrogen-bond donors (Lipinski definition) is 0. The lowest BCUT2D eigenvalue weighted by atomic mass is 10.2. The Balaban J connectivity index is 1.89. The third-order valence-corrected chi connectivity index (χ3v) is 5.06. The van der Waals surface area contributed by atoms with Gasteiger partial charge in [-0.2, -0.15) is 0 Å². The molecular formula is C20H20N2O4S. The van der Waals surface area contributed by atoms with E-state index in [-0.39, 0.29) is 11.5 Å². The van der Waals surface area contributed by atoms with E-state index in [0.29, 0.717) is 0 Å². The molecule has 140 valence electrons. The lowest BCUT2D eigenvalue weighted by Gasteiger charge is -2.19. The van der Waals surface area contributed by atoms with Gasteiger partial charge in [-0.3, -0.25) is 14.5 Å². The molecule has 1 aromatic heterocycles. The summed E-state index contributed by atoms with van der Waals surface area (Å²) < 4.78 is 6.86. The number of thioether (sulfide) groups is 1. The Morgan fingerprint density at radius 1 is 1.26 bits per heavy atom. The molecule has 7 heteroatoms. The second-order valence-electron chi connectivity index (χ2n) is 6.12. The van der Waals surface area contributed by atoms with E-state index in [9.17, 15) is 14.4 Å². The van der Waals surface area contributed by atoms with Gasteiger partial charge < -0.3 is 9.30 Å². The molecule has 0 saturated carbocycles. The molecule has 2 amide bonds. The molecule has 2 heterocycles. The quantitative estimate of drug-likeness (QED) is 0.580. The maximum atomic E-state index is 12.7. The van der Waals surface area contributed by atoms with Crippen molar-refractivity contribution in [3.63, 3.8) is 0 Å². The average molecular weight is 384 g/mol. The fourth-order valence-corrected chi connectivity index (χ4v) is 3.73. The molecule has 0 N–H and O–H groups in total. The molecule has 0 unspecified atom stereocenters. The number of esters is 1. The summed E-state index contributed by atoms with van der Waals surface area (Å²) in [6, 6.07) is 10.8. The van der Waals surface area contributed by atoms with E-state index in [4.69, 9.17) is 4.74 Å². The first-order valence-electron chi connectivity index (χ1n) is 8.60. The van der Waals surface area contributed by atoms with Crippen LogP contribution < -0.4 is 0 Å². The highest BCUT2D eigenvalue weighted by molar-refractivity contribution is 8.18. The van der Waals surface area contributed by atoms with Crippen molar-refractivity contribution in [3.05, 3.63) is 58.8 Å². The molecule has 27 heavy (non-hydrogen) atoms. The summed E-state index contributed by atoms with van der Waals surface area (Å²) in [6.07, 6.45) is 3.57. The molecule has 3 rings (SSSR count). The minimum atomic E-state index is -0.952. The van der Waals surface area contributed by atoms with Gasteiger partial charge in [0.15, 0.2) is 0 Å². The van der Waals surface area contributed by atoms with Gasteiger partial charge in [-0.1, -0.05) is 12.1 Å². The zero-order valence-corrected chi connectivity index (χ0v) is 16.2. The van der Waals surface area contributed by atoms with Crippen molar-refractivity contribution >= 4 is 35.0 Å². The molecule has 1 fully saturated rings. The summed E-state index contributed by atoms with van der Waals surface area (Å²) in [6.45, 7) is 5.37. The number of carbonyl (C=O) groups is 3. The Bertz CT molecular complexity index is 932. The van der Waals surface area contributed by atoms with Crippen molar-refractivity contribution in [2.45, 2.75) is 26.8 Å². The number of carbonyl (C=O) groups excluding carboxylic acids is 3. The predicted molar refractivity (Wildman–Crippen MR) is 104 cm³/mol. The molecule has 1 atom stereocenters. The summed E-state index contributed by atoms with van der Waals surface area (Å²) >= 11 is 0.828. The molecule has 0 spiro atoms. The molecule has 1 aromatic carbocycles. The van der Waals surface area contributed by atoms with Gasteiger partial charge >= 0.3 is 5.97 Å². The lowest BCUT2D eigenvalue weighted by molar-refractivity contribution is -0.150. The Hall–Kier alpha value is -2.80. The molecular weight excluding hydrogens is 364 g/mol. The Morgan fingerprint density at radius 2 is 2.04 bits per heavy atom. The van der Waals surface area contributed by atoms with E-state index in [1.165, 1.54) is 6.92 Å². The second-order valence-corrected chi connectivity index (χ2v) is 7.11. The van der Waals surface area contributed by atoms with E-state index >= 15 is 0 Å². The molecule has 6 nitrogen and oxygen atoms in total. The van der Waals surface area contributed by atoms with Crippen LogP contribution in [-0.4, -0.2) is 39.2 Å². The third kappa shape index (κ3) is 3.83. The number of ether oxygens (including phenoxy) is 1. The van der Waals surface area contributed by atoms with Crippen molar-refractivity contribution < 1.29 is 19.1 Å². The van der Waals surface area contributed by atoms with Crippen LogP contribution in [0.25, 0.3) is 11.8 Å². The van der Waals surface area contributed by atoms with Crippen LogP contribution in [0.1, 0.15) is 25.1 Å². The predicted octanol–water partition coefficient (Wildman–Crippen LogP) is 3.77. The van der Waals surface area contributed by atoms with Gasteiger partial charge in [0.25, 0.3) is 11.1 Å². The Kier molecular flexibility index (Phi) is 5.51. The van der Waals surface area contributed by atoms with E-state index in [0.717, 1.165) is 33.6 Å². The van der Waals surface area contributed by atoms with Gasteiger partial charge in [0.1, 0.15) is 6.04 Å². The number of imide groups is 1. The zero-order chi connectivity index (χ0) is 19.6. The van der Waals surface area contributed by atoms with E-state index < -0.39 is 23.2 Å². The van der Waals surface area contributed by atoms with Crippen molar-refractivity contribution in [2.75, 3.05) is 6.61 Å². The average Bonchev–Trinajstić information content (AvgIpc) is 3.19. The lowest BCUT2D eigenvalue weighted by Crippen LogP contribution is -2.42. The number of hydrogen-bond acceptors (Lipinski definition) is 5. The number of benzene rings is 1. The number of aryl methyl sites for hydroxylation is 1. The normalized spacial score (nSPS) is 16.9. The highest BCUT2D eigenvalue weighted by Gasteiger charge is 2.41. The monoisotopic (exact) mass is 384 g/mol. The molecule has 1 aliphatic heterocycles. The SMILES string of the molecule is CCOC(=O)[C@@H](C)N1C(=O)S/C(=C/c2cccn2-c2cccc(C)c2)C1=O. The number of amides is 2. The van der Waals surface area contributed by atoms with Gasteiger partial charge in [0.2, 0.25) is 0 Å². The second kappa shape index (κ2) is 7.84. The molecule has 1 aliphatic rings. The van der Waals surface area contributed by atoms with E-state index in [1.807, 2.05) is 54.1 Å². The molecule has 0 bridgehead atoms. The fourth-order valence-electron chi connectivity index (χ4n) is 2.84. The van der Waals surface area contributed by atoms with Crippen LogP contribution in [0.2, 0.25) is 0 Å². The van der Waals surface area contributed by atoms with Gasteiger partial charge in [0.05, 0.1) is 11.5 Å². The summed E-state index contributed by atoms with van der Waals surface area (Å²) in [5.41, 5.74) is 2.86. The van der Waals surface area contributed by atoms with Crippen molar-refractivity contribution in [3.8, 4) is 5.69 Å². The number of nitrogens with zero attached hydrogens (tertiary/aromatic N) is 2. The van der Waals surface area contributed by atoms with E-state index in [1.54, 1.807) is 13.0 Å². The van der Waals surface area contributed by atoms with Crippen LogP contribution >= 0.6 is 11.8 Å². The van der Waals surface area contributed by atoms with Crippen molar-refractivity contribution in [1.29, 1.82) is 0 Å². The van der Waals surface area contributed by atoms with E-state index in [2.05, 4.69) is 0 Å². The molecule has 0 aliphatic carbocycles. The first-order valence-corrected chi connectivity index (χ1v) is 9.42. The fraction of sp³-hybridized carbons (Fsp3) is 0.250. The number of aromatic nitrogens is 1. The summed E-state index contributed by atoms with van der Waals surface area (Å²) in [5, 5.41) is -0.472. The smallest absolute Gasteiger partial charge is 0.329 e. The topological polar surface area (TPSA) is 68.6 Å². The molecule has 1 saturated heterocycles. The molecule has 0 radical (unpaired) electrons. The van der Waals surface area contributed by atoms with Crippen molar-refractivity contribution in [1.82, 2.24) is 9.47 Å². The van der Waals surface area contributed by atoms with Gasteiger partial charge in [-0.25, -0.2) is 4.79 Å². The largest absolute Gasteiger partial charge is 0.464 e. The van der Waals surface area contributed by atoms with Crippen LogP contribution in [-0.2, 0) is 14.3 Å². The Labute approximate surface area is 161 Å². The van der Waals surface area contributed by atoms with Crippen LogP contribution in [0.5, 0.6) is 0 Å². The third-order valence-electron chi connectivity index (χ3n) is 4.18. The standard InChI is InChI=1S/C20H20N2O4S/c1-4-26-19(24)14(3)22-18(23)17(27-20(22)25)12-16-9-6-10-21(16)15-8-5-7-13(2)11-15/h5-12,14H,4H2,1-3H3/b17-12+/t14-/m1/s1. The van der Waals surface area contributed by atoms with Crippen molar-refractivity contribution in [2.24, 2.45) is 0 Å². The van der Waals surface area contributed by atoms with Crippen LogP contribution in [0, 0.1) is 6.92 Å². The van der Waals surface area contributed by atoms with Gasteiger partial charge in [0, 0.05) is 17.6 Å². The zero-order valence-electron chi connectivity index (χ0n) is 15.3. The minimum absolute atomic E-state index is 0.194. The van der Waals surface area contributed by atoms with Gasteiger partial charge in [-0.15, -0.1) is 0 Å². The maximum absolute atomic E-state index is 12.7. The van der Waals surface area contributed by atoms with Crippen LogP contribution in [0.15, 0.2) is 47.5 Å². The highest BCUT2D eigenvalue weighted by Crippen LogP contribution is 2.34. The minimum Gasteiger partial charge on any atom is -0.464 e. The van der Waals surface area contributed by atoms with Crippen LogP contribution in [0.4, 0.5) is 4.79 Å². The summed E-state index contributed by atoms with van der Waals surface area (Å²) in [7, 11) is 0. The van der Waals surface area contributed by atoms with Crippen LogP contribution in [0.3, 0.4) is 0 Å². The first-order chi connectivity index (χ1) is 12.9. The first kappa shape index (κ1) is 19.0. The highest BCUT2D eigenvalue weighted by atomic mass is 32.2. The summed E-state index contributed by atoms with van der Waals surface area (Å²) in [5.74, 6) is -1.08. The number of rotatable bonds is 5. The Morgan fingerprint density at radius 3 is 2.74 bits per heavy atom. The summed E-state index contributed by atoms with van der Waals surface area (Å²) in [4.78, 5) is 38.1.